The first kappa shape index (κ1) is 11.8. The summed E-state index contributed by atoms with van der Waals surface area (Å²) in [4.78, 5) is 12.3. The third kappa shape index (κ3) is 1.86. The van der Waals surface area contributed by atoms with Crippen LogP contribution in [0.3, 0.4) is 0 Å². The maximum Gasteiger partial charge on any atom is 0.217 e. The van der Waals surface area contributed by atoms with Crippen LogP contribution in [0.5, 0.6) is 0 Å². The Labute approximate surface area is 107 Å². The third-order valence-corrected chi connectivity index (χ3v) is 3.12. The SMILES string of the molecule is CCn1ncc(Br)c1C(=O)c1cnn(C)c1N. The van der Waals surface area contributed by atoms with Crippen LogP contribution in [0.15, 0.2) is 16.9 Å². The molecule has 0 radical (unpaired) electrons. The third-order valence-electron chi connectivity index (χ3n) is 2.54. The van der Waals surface area contributed by atoms with Gasteiger partial charge in [0.25, 0.3) is 0 Å². The normalized spacial score (nSPS) is 10.8. The molecule has 0 atom stereocenters. The molecule has 0 saturated heterocycles. The first-order chi connectivity index (χ1) is 8.06. The number of halogens is 1. The lowest BCUT2D eigenvalue weighted by Gasteiger charge is -2.04. The van der Waals surface area contributed by atoms with Crippen molar-refractivity contribution in [2.75, 3.05) is 5.73 Å². The number of hydrogen-bond donors (Lipinski definition) is 1. The monoisotopic (exact) mass is 297 g/mol. The van der Waals surface area contributed by atoms with Crippen LogP contribution in [0.2, 0.25) is 0 Å². The first-order valence-corrected chi connectivity index (χ1v) is 5.89. The van der Waals surface area contributed by atoms with Crippen LogP contribution in [-0.2, 0) is 13.6 Å². The Hall–Kier alpha value is -1.63. The lowest BCUT2D eigenvalue weighted by Crippen LogP contribution is -2.12. The van der Waals surface area contributed by atoms with Gasteiger partial charge in [0.1, 0.15) is 11.5 Å². The summed E-state index contributed by atoms with van der Waals surface area (Å²) in [6, 6.07) is 0. The highest BCUT2D eigenvalue weighted by molar-refractivity contribution is 9.10. The van der Waals surface area contributed by atoms with Crippen molar-refractivity contribution >= 4 is 27.5 Å². The van der Waals surface area contributed by atoms with Crippen LogP contribution >= 0.6 is 15.9 Å². The highest BCUT2D eigenvalue weighted by Gasteiger charge is 2.22. The first-order valence-electron chi connectivity index (χ1n) is 5.09. The molecule has 2 heterocycles. The quantitative estimate of drug-likeness (QED) is 0.864. The van der Waals surface area contributed by atoms with Gasteiger partial charge in [0.05, 0.1) is 22.4 Å². The number of hydrogen-bond acceptors (Lipinski definition) is 4. The molecule has 2 aromatic heterocycles. The van der Waals surface area contributed by atoms with Crippen molar-refractivity contribution in [3.8, 4) is 0 Å². The molecule has 0 saturated carbocycles. The molecule has 0 spiro atoms. The second-order valence-corrected chi connectivity index (χ2v) is 4.41. The molecule has 0 unspecified atom stereocenters. The number of anilines is 1. The van der Waals surface area contributed by atoms with E-state index in [0.717, 1.165) is 0 Å². The van der Waals surface area contributed by atoms with Gasteiger partial charge in [0, 0.05) is 13.6 Å². The Balaban J connectivity index is 2.51. The van der Waals surface area contributed by atoms with Crippen molar-refractivity contribution in [2.45, 2.75) is 13.5 Å². The fourth-order valence-corrected chi connectivity index (χ4v) is 2.05. The lowest BCUT2D eigenvalue weighted by atomic mass is 10.1. The summed E-state index contributed by atoms with van der Waals surface area (Å²) in [7, 11) is 1.69. The number of rotatable bonds is 3. The summed E-state index contributed by atoms with van der Waals surface area (Å²) < 4.78 is 3.75. The van der Waals surface area contributed by atoms with Gasteiger partial charge >= 0.3 is 0 Å². The van der Waals surface area contributed by atoms with Crippen LogP contribution in [0.25, 0.3) is 0 Å². The number of ketones is 1. The standard InChI is InChI=1S/C10H12BrN5O/c1-3-16-8(7(11)5-14-16)9(17)6-4-13-15(2)10(6)12/h4-5H,3,12H2,1-2H3. The van der Waals surface area contributed by atoms with Crippen molar-refractivity contribution in [1.29, 1.82) is 0 Å². The molecule has 7 heteroatoms. The fraction of sp³-hybridized carbons (Fsp3) is 0.300. The summed E-state index contributed by atoms with van der Waals surface area (Å²) in [5.74, 6) is 0.174. The second-order valence-electron chi connectivity index (χ2n) is 3.55. The van der Waals surface area contributed by atoms with E-state index >= 15 is 0 Å². The van der Waals surface area contributed by atoms with Crippen molar-refractivity contribution in [3.63, 3.8) is 0 Å². The predicted octanol–water partition coefficient (Wildman–Crippen LogP) is 1.21. The maximum atomic E-state index is 12.3. The van der Waals surface area contributed by atoms with E-state index in [-0.39, 0.29) is 5.78 Å². The largest absolute Gasteiger partial charge is 0.383 e. The van der Waals surface area contributed by atoms with Crippen molar-refractivity contribution < 1.29 is 4.79 Å². The summed E-state index contributed by atoms with van der Waals surface area (Å²) in [5.41, 5.74) is 6.67. The van der Waals surface area contributed by atoms with E-state index < -0.39 is 0 Å². The van der Waals surface area contributed by atoms with Crippen LogP contribution in [-0.4, -0.2) is 25.3 Å². The molecule has 90 valence electrons. The van der Waals surface area contributed by atoms with Gasteiger partial charge in [-0.3, -0.25) is 14.2 Å². The topological polar surface area (TPSA) is 78.7 Å². The van der Waals surface area contributed by atoms with Crippen molar-refractivity contribution in [3.05, 3.63) is 28.1 Å². The minimum atomic E-state index is -0.179. The summed E-state index contributed by atoms with van der Waals surface area (Å²) in [5, 5.41) is 8.06. The summed E-state index contributed by atoms with van der Waals surface area (Å²) in [6.07, 6.45) is 3.07. The van der Waals surface area contributed by atoms with Gasteiger partial charge < -0.3 is 5.73 Å². The van der Waals surface area contributed by atoms with E-state index in [4.69, 9.17) is 5.73 Å². The number of nitrogen functional groups attached to an aromatic ring is 1. The maximum absolute atomic E-state index is 12.3. The Morgan fingerprint density at radius 1 is 1.47 bits per heavy atom. The van der Waals surface area contributed by atoms with E-state index in [1.54, 1.807) is 17.9 Å². The predicted molar refractivity (Wildman–Crippen MR) is 66.7 cm³/mol. The average Bonchev–Trinajstić information content (AvgIpc) is 2.83. The Morgan fingerprint density at radius 3 is 2.71 bits per heavy atom. The second kappa shape index (κ2) is 4.33. The molecule has 6 nitrogen and oxygen atoms in total. The molecule has 0 aliphatic rings. The van der Waals surface area contributed by atoms with Gasteiger partial charge in [0.15, 0.2) is 0 Å². The molecule has 0 bridgehead atoms. The number of nitrogens with two attached hydrogens (primary N) is 1. The van der Waals surface area contributed by atoms with E-state index in [1.165, 1.54) is 10.9 Å². The molecular weight excluding hydrogens is 286 g/mol. The van der Waals surface area contributed by atoms with E-state index in [9.17, 15) is 4.79 Å². The van der Waals surface area contributed by atoms with Gasteiger partial charge in [-0.15, -0.1) is 0 Å². The minimum absolute atomic E-state index is 0.179. The molecule has 2 N–H and O–H groups in total. The number of aryl methyl sites for hydroxylation is 2. The molecule has 0 aromatic carbocycles. The number of aromatic nitrogens is 4. The average molecular weight is 298 g/mol. The number of carbonyl (C=O) groups is 1. The van der Waals surface area contributed by atoms with Crippen LogP contribution in [0.4, 0.5) is 5.82 Å². The van der Waals surface area contributed by atoms with E-state index in [0.29, 0.717) is 28.1 Å². The Kier molecular flexibility index (Phi) is 3.01. The van der Waals surface area contributed by atoms with E-state index in [2.05, 4.69) is 26.1 Å². The van der Waals surface area contributed by atoms with Gasteiger partial charge in [-0.25, -0.2) is 0 Å². The highest BCUT2D eigenvalue weighted by atomic mass is 79.9. The lowest BCUT2D eigenvalue weighted by molar-refractivity contribution is 0.102. The Morgan fingerprint density at radius 2 is 2.18 bits per heavy atom. The minimum Gasteiger partial charge on any atom is -0.383 e. The molecule has 2 rings (SSSR count). The van der Waals surface area contributed by atoms with Crippen molar-refractivity contribution in [2.24, 2.45) is 7.05 Å². The van der Waals surface area contributed by atoms with Gasteiger partial charge in [-0.2, -0.15) is 10.2 Å². The van der Waals surface area contributed by atoms with Crippen LogP contribution < -0.4 is 5.73 Å². The highest BCUT2D eigenvalue weighted by Crippen LogP contribution is 2.22. The summed E-state index contributed by atoms with van der Waals surface area (Å²) >= 11 is 3.32. The van der Waals surface area contributed by atoms with Crippen LogP contribution in [0.1, 0.15) is 23.0 Å². The van der Waals surface area contributed by atoms with Crippen molar-refractivity contribution in [1.82, 2.24) is 19.6 Å². The number of carbonyl (C=O) groups excluding carboxylic acids is 1. The van der Waals surface area contributed by atoms with Gasteiger partial charge in [-0.1, -0.05) is 0 Å². The van der Waals surface area contributed by atoms with Gasteiger partial charge in [-0.05, 0) is 22.9 Å². The Bertz CT molecular complexity index is 571. The zero-order chi connectivity index (χ0) is 12.6. The number of nitrogens with zero attached hydrogens (tertiary/aromatic N) is 4. The van der Waals surface area contributed by atoms with E-state index in [1.807, 2.05) is 6.92 Å². The molecule has 0 amide bonds. The zero-order valence-corrected chi connectivity index (χ0v) is 11.1. The molecular formula is C10H12BrN5O. The summed E-state index contributed by atoms with van der Waals surface area (Å²) in [6.45, 7) is 2.54. The van der Waals surface area contributed by atoms with Gasteiger partial charge in [0.2, 0.25) is 5.78 Å². The molecule has 17 heavy (non-hydrogen) atoms. The smallest absolute Gasteiger partial charge is 0.217 e. The molecule has 0 fully saturated rings. The van der Waals surface area contributed by atoms with Crippen LogP contribution in [0, 0.1) is 0 Å². The molecule has 0 aliphatic heterocycles. The molecule has 2 aromatic rings. The fourth-order valence-electron chi connectivity index (χ4n) is 1.58. The zero-order valence-electron chi connectivity index (χ0n) is 9.51. The molecule has 0 aliphatic carbocycles.